The lowest BCUT2D eigenvalue weighted by Gasteiger charge is -2.29. The fourth-order valence-corrected chi connectivity index (χ4v) is 5.17. The highest BCUT2D eigenvalue weighted by molar-refractivity contribution is 7.80. The molecular formula is C29H29N5O2S. The van der Waals surface area contributed by atoms with Crippen molar-refractivity contribution in [2.45, 2.75) is 25.4 Å². The number of nitrogens with zero attached hydrogens (tertiary/aromatic N) is 3. The van der Waals surface area contributed by atoms with E-state index in [0.29, 0.717) is 23.1 Å². The summed E-state index contributed by atoms with van der Waals surface area (Å²) in [4.78, 5) is 19.7. The minimum atomic E-state index is -0.163. The number of amides is 1. The summed E-state index contributed by atoms with van der Waals surface area (Å²) in [5.74, 6) is 0.514. The van der Waals surface area contributed by atoms with Crippen LogP contribution >= 0.6 is 12.2 Å². The summed E-state index contributed by atoms with van der Waals surface area (Å²) >= 11 is 5.80. The average molecular weight is 512 g/mol. The predicted molar refractivity (Wildman–Crippen MR) is 149 cm³/mol. The van der Waals surface area contributed by atoms with Gasteiger partial charge < -0.3 is 24.8 Å². The summed E-state index contributed by atoms with van der Waals surface area (Å²) in [6.45, 7) is 2.55. The molecule has 1 amide bonds. The van der Waals surface area contributed by atoms with Crippen molar-refractivity contribution in [3.8, 4) is 11.4 Å². The van der Waals surface area contributed by atoms with Crippen LogP contribution in [0.1, 0.15) is 35.5 Å². The molecule has 2 N–H and O–H groups in total. The zero-order valence-corrected chi connectivity index (χ0v) is 21.6. The molecule has 1 saturated heterocycles. The third-order valence-corrected chi connectivity index (χ3v) is 6.97. The molecule has 37 heavy (non-hydrogen) atoms. The summed E-state index contributed by atoms with van der Waals surface area (Å²) < 4.78 is 7.57. The Kier molecular flexibility index (Phi) is 7.18. The number of hydrogen-bond donors (Lipinski definition) is 2. The molecule has 1 fully saturated rings. The molecule has 7 nitrogen and oxygen atoms in total. The van der Waals surface area contributed by atoms with Crippen LogP contribution in [0.4, 0.5) is 5.69 Å². The van der Waals surface area contributed by atoms with E-state index in [0.717, 1.165) is 17.1 Å². The molecule has 8 heteroatoms. The highest BCUT2D eigenvalue weighted by atomic mass is 32.1. The largest absolute Gasteiger partial charge is 0.495 e. The number of para-hydroxylation sites is 3. The van der Waals surface area contributed by atoms with Crippen molar-refractivity contribution in [1.82, 2.24) is 19.8 Å². The monoisotopic (exact) mass is 511 g/mol. The summed E-state index contributed by atoms with van der Waals surface area (Å²) in [6, 6.07) is 25.4. The van der Waals surface area contributed by atoms with E-state index in [4.69, 9.17) is 17.0 Å². The topological polar surface area (TPSA) is 71.4 Å². The Morgan fingerprint density at radius 3 is 2.62 bits per heavy atom. The first-order valence-electron chi connectivity index (χ1n) is 12.2. The zero-order valence-electron chi connectivity index (χ0n) is 20.8. The minimum absolute atomic E-state index is 0.110. The van der Waals surface area contributed by atoms with E-state index in [9.17, 15) is 4.79 Å². The van der Waals surface area contributed by atoms with Crippen molar-refractivity contribution >= 4 is 28.9 Å². The Morgan fingerprint density at radius 1 is 1.05 bits per heavy atom. The van der Waals surface area contributed by atoms with Crippen molar-refractivity contribution in [2.75, 3.05) is 19.0 Å². The summed E-state index contributed by atoms with van der Waals surface area (Å²) in [6.07, 6.45) is 4.12. The maximum atomic E-state index is 12.9. The fraction of sp³-hybridized carbons (Fsp3) is 0.207. The molecule has 0 unspecified atom stereocenters. The molecule has 188 valence electrons. The molecule has 0 saturated carbocycles. The first-order valence-corrected chi connectivity index (χ1v) is 12.6. The van der Waals surface area contributed by atoms with Crippen molar-refractivity contribution in [2.24, 2.45) is 0 Å². The van der Waals surface area contributed by atoms with Gasteiger partial charge in [-0.05, 0) is 67.2 Å². The number of carbonyl (C=O) groups excluding carboxylic acids is 1. The molecule has 0 radical (unpaired) electrons. The number of thiocarbonyl (C=S) groups is 1. The van der Waals surface area contributed by atoms with Crippen molar-refractivity contribution < 1.29 is 9.53 Å². The van der Waals surface area contributed by atoms with E-state index in [-0.39, 0.29) is 24.4 Å². The first kappa shape index (κ1) is 24.5. The van der Waals surface area contributed by atoms with Gasteiger partial charge in [-0.15, -0.1) is 0 Å². The molecule has 2 atom stereocenters. The second-order valence-corrected chi connectivity index (χ2v) is 9.29. The van der Waals surface area contributed by atoms with Crippen LogP contribution in [0.2, 0.25) is 0 Å². The number of rotatable bonds is 8. The molecule has 4 aromatic rings. The van der Waals surface area contributed by atoms with Crippen molar-refractivity contribution in [1.29, 1.82) is 0 Å². The van der Waals surface area contributed by atoms with E-state index >= 15 is 0 Å². The van der Waals surface area contributed by atoms with Crippen LogP contribution in [-0.4, -0.2) is 39.1 Å². The summed E-state index contributed by atoms with van der Waals surface area (Å²) in [5.41, 5.74) is 4.89. The standard InChI is InChI=1S/C29H29N5O2S/c1-20-10-3-5-13-23(20)33-18-9-14-24(33)28-27(22-12-7-8-17-30-22)32-29(37)34(28)19-16-26(35)31-21-11-4-6-15-25(21)36-2/h3-15,17-18,27-28H,16,19H2,1-2H3,(H,31,35)(H,32,37)/t27-,28-/m1/s1. The van der Waals surface area contributed by atoms with E-state index < -0.39 is 0 Å². The molecule has 3 heterocycles. The van der Waals surface area contributed by atoms with Gasteiger partial charge in [0.05, 0.1) is 30.6 Å². The van der Waals surface area contributed by atoms with E-state index in [1.807, 2.05) is 60.7 Å². The maximum Gasteiger partial charge on any atom is 0.226 e. The Balaban J connectivity index is 1.45. The van der Waals surface area contributed by atoms with Gasteiger partial charge in [0.25, 0.3) is 0 Å². The van der Waals surface area contributed by atoms with Crippen LogP contribution in [0.25, 0.3) is 5.69 Å². The Labute approximate surface area is 222 Å². The van der Waals surface area contributed by atoms with Gasteiger partial charge >= 0.3 is 0 Å². The van der Waals surface area contributed by atoms with Gasteiger partial charge in [0.2, 0.25) is 5.91 Å². The highest BCUT2D eigenvalue weighted by Crippen LogP contribution is 2.40. The van der Waals surface area contributed by atoms with Crippen LogP contribution in [0.5, 0.6) is 5.75 Å². The lowest BCUT2D eigenvalue weighted by Crippen LogP contribution is -2.33. The number of anilines is 1. The van der Waals surface area contributed by atoms with Crippen LogP contribution < -0.4 is 15.4 Å². The molecule has 2 aromatic heterocycles. The SMILES string of the molecule is COc1ccccc1NC(=O)CCN1C(=S)N[C@H](c2ccccn2)[C@H]1c1cccn1-c1ccccc1C. The number of carbonyl (C=O) groups is 1. The molecule has 2 aromatic carbocycles. The van der Waals surface area contributed by atoms with E-state index in [1.54, 1.807) is 13.3 Å². The number of methoxy groups -OCH3 is 1. The Morgan fingerprint density at radius 2 is 1.84 bits per heavy atom. The van der Waals surface area contributed by atoms with Crippen LogP contribution in [-0.2, 0) is 4.79 Å². The Bertz CT molecular complexity index is 1400. The number of ether oxygens (including phenoxy) is 1. The Hall–Kier alpha value is -4.17. The molecule has 5 rings (SSSR count). The number of nitrogens with one attached hydrogen (secondary N) is 2. The number of aromatic nitrogens is 2. The van der Waals surface area contributed by atoms with Crippen LogP contribution in [0.3, 0.4) is 0 Å². The van der Waals surface area contributed by atoms with Crippen LogP contribution in [0.15, 0.2) is 91.3 Å². The smallest absolute Gasteiger partial charge is 0.226 e. The van der Waals surface area contributed by atoms with Gasteiger partial charge in [-0.25, -0.2) is 0 Å². The number of aryl methyl sites for hydroxylation is 1. The first-order chi connectivity index (χ1) is 18.1. The molecular weight excluding hydrogens is 482 g/mol. The summed E-state index contributed by atoms with van der Waals surface area (Å²) in [7, 11) is 1.59. The zero-order chi connectivity index (χ0) is 25.8. The normalized spacial score (nSPS) is 16.9. The molecule has 1 aliphatic heterocycles. The third kappa shape index (κ3) is 5.06. The van der Waals surface area contributed by atoms with Crippen LogP contribution in [0, 0.1) is 6.92 Å². The molecule has 0 spiro atoms. The summed E-state index contributed by atoms with van der Waals surface area (Å²) in [5, 5.41) is 7.04. The van der Waals surface area contributed by atoms with E-state index in [2.05, 4.69) is 56.4 Å². The van der Waals surface area contributed by atoms with Gasteiger partial charge in [0.1, 0.15) is 5.75 Å². The van der Waals surface area contributed by atoms with Gasteiger partial charge in [0.15, 0.2) is 5.11 Å². The second-order valence-electron chi connectivity index (χ2n) is 8.91. The van der Waals surface area contributed by atoms with Gasteiger partial charge in [-0.2, -0.15) is 0 Å². The lowest BCUT2D eigenvalue weighted by molar-refractivity contribution is -0.116. The fourth-order valence-electron chi connectivity index (χ4n) is 4.84. The minimum Gasteiger partial charge on any atom is -0.495 e. The third-order valence-electron chi connectivity index (χ3n) is 6.62. The van der Waals surface area contributed by atoms with Crippen molar-refractivity contribution in [3.63, 3.8) is 0 Å². The average Bonchev–Trinajstić information content (AvgIpc) is 3.52. The maximum absolute atomic E-state index is 12.9. The number of benzene rings is 2. The quantitative estimate of drug-likeness (QED) is 0.317. The number of pyridine rings is 1. The van der Waals surface area contributed by atoms with Gasteiger partial charge in [0, 0.05) is 36.7 Å². The highest BCUT2D eigenvalue weighted by Gasteiger charge is 2.41. The number of hydrogen-bond acceptors (Lipinski definition) is 4. The molecule has 1 aliphatic rings. The van der Waals surface area contributed by atoms with Crippen molar-refractivity contribution in [3.05, 3.63) is 108 Å². The van der Waals surface area contributed by atoms with E-state index in [1.165, 1.54) is 5.56 Å². The van der Waals surface area contributed by atoms with Gasteiger partial charge in [-0.1, -0.05) is 36.4 Å². The molecule has 0 aliphatic carbocycles. The van der Waals surface area contributed by atoms with Gasteiger partial charge in [-0.3, -0.25) is 9.78 Å². The lowest BCUT2D eigenvalue weighted by atomic mass is 10.0. The second kappa shape index (κ2) is 10.8. The molecule has 0 bridgehead atoms. The predicted octanol–water partition coefficient (Wildman–Crippen LogP) is 5.19.